The van der Waals surface area contributed by atoms with E-state index in [-0.39, 0.29) is 5.41 Å². The minimum absolute atomic E-state index is 0.128. The van der Waals surface area contributed by atoms with Gasteiger partial charge in [0.1, 0.15) is 6.29 Å². The SMILES string of the molecule is O=CC12CCCC1C1CCC3CCCCC3C1CC2. The quantitative estimate of drug-likeness (QED) is 0.630. The molecule has 4 aliphatic carbocycles. The maximum absolute atomic E-state index is 11.7. The second-order valence-corrected chi connectivity index (χ2v) is 8.00. The highest BCUT2D eigenvalue weighted by atomic mass is 16.1. The third-order valence-corrected chi connectivity index (χ3v) is 7.53. The first kappa shape index (κ1) is 12.4. The number of aldehydes is 1. The molecule has 1 nitrogen and oxygen atoms in total. The van der Waals surface area contributed by atoms with Crippen molar-refractivity contribution in [3.63, 3.8) is 0 Å². The van der Waals surface area contributed by atoms with E-state index in [1.54, 1.807) is 0 Å². The van der Waals surface area contributed by atoms with Crippen LogP contribution in [-0.2, 0) is 4.79 Å². The molecule has 0 radical (unpaired) electrons. The van der Waals surface area contributed by atoms with Gasteiger partial charge in [0, 0.05) is 5.41 Å². The number of carbonyl (C=O) groups excluding carboxylic acids is 1. The summed E-state index contributed by atoms with van der Waals surface area (Å²) in [6.45, 7) is 0. The van der Waals surface area contributed by atoms with Crippen LogP contribution in [0.25, 0.3) is 0 Å². The molecule has 0 aliphatic heterocycles. The van der Waals surface area contributed by atoms with Crippen LogP contribution in [0.1, 0.15) is 70.6 Å². The fourth-order valence-electron chi connectivity index (χ4n) is 6.74. The van der Waals surface area contributed by atoms with E-state index in [9.17, 15) is 4.79 Å². The van der Waals surface area contributed by atoms with Crippen molar-refractivity contribution >= 4 is 6.29 Å². The highest BCUT2D eigenvalue weighted by molar-refractivity contribution is 5.61. The number of carbonyl (C=O) groups is 1. The molecular formula is C18H28O. The summed E-state index contributed by atoms with van der Waals surface area (Å²) in [5.74, 6) is 4.78. The number of fused-ring (bicyclic) bond motifs is 5. The average Bonchev–Trinajstić information content (AvgIpc) is 2.91. The zero-order chi connectivity index (χ0) is 12.9. The molecule has 4 rings (SSSR count). The Kier molecular flexibility index (Phi) is 3.01. The molecule has 0 aromatic heterocycles. The van der Waals surface area contributed by atoms with Gasteiger partial charge in [0.05, 0.1) is 0 Å². The van der Waals surface area contributed by atoms with Gasteiger partial charge in [-0.05, 0) is 74.5 Å². The molecular weight excluding hydrogens is 232 g/mol. The molecule has 1 heteroatoms. The zero-order valence-electron chi connectivity index (χ0n) is 12.2. The molecule has 106 valence electrons. The summed E-state index contributed by atoms with van der Waals surface area (Å²) >= 11 is 0. The summed E-state index contributed by atoms with van der Waals surface area (Å²) in [5, 5.41) is 0. The Balaban J connectivity index is 1.60. The topological polar surface area (TPSA) is 17.1 Å². The molecule has 0 aromatic carbocycles. The van der Waals surface area contributed by atoms with Crippen molar-refractivity contribution in [1.29, 1.82) is 0 Å². The van der Waals surface area contributed by atoms with Crippen molar-refractivity contribution < 1.29 is 4.79 Å². The molecule has 0 aromatic rings. The van der Waals surface area contributed by atoms with Gasteiger partial charge in [0.15, 0.2) is 0 Å². The lowest BCUT2D eigenvalue weighted by Gasteiger charge is -2.54. The molecule has 4 aliphatic rings. The minimum Gasteiger partial charge on any atom is -0.303 e. The van der Waals surface area contributed by atoms with Crippen molar-refractivity contribution in [2.45, 2.75) is 70.6 Å². The highest BCUT2D eigenvalue weighted by Gasteiger charge is 2.54. The van der Waals surface area contributed by atoms with Crippen LogP contribution in [0.3, 0.4) is 0 Å². The molecule has 6 atom stereocenters. The Labute approximate surface area is 117 Å². The van der Waals surface area contributed by atoms with Gasteiger partial charge in [0.25, 0.3) is 0 Å². The number of hydrogen-bond acceptors (Lipinski definition) is 1. The van der Waals surface area contributed by atoms with Crippen LogP contribution in [-0.4, -0.2) is 6.29 Å². The van der Waals surface area contributed by atoms with Crippen LogP contribution < -0.4 is 0 Å². The third-order valence-electron chi connectivity index (χ3n) is 7.53. The van der Waals surface area contributed by atoms with E-state index in [0.29, 0.717) is 0 Å². The van der Waals surface area contributed by atoms with Crippen LogP contribution in [0.2, 0.25) is 0 Å². The first-order valence-electron chi connectivity index (χ1n) is 8.80. The lowest BCUT2D eigenvalue weighted by Crippen LogP contribution is -2.47. The van der Waals surface area contributed by atoms with Crippen LogP contribution in [0.4, 0.5) is 0 Å². The molecule has 0 saturated heterocycles. The van der Waals surface area contributed by atoms with Gasteiger partial charge in [-0.25, -0.2) is 0 Å². The molecule has 0 heterocycles. The van der Waals surface area contributed by atoms with Crippen molar-refractivity contribution in [2.75, 3.05) is 0 Å². The van der Waals surface area contributed by atoms with E-state index in [4.69, 9.17) is 0 Å². The van der Waals surface area contributed by atoms with Gasteiger partial charge in [0.2, 0.25) is 0 Å². The molecule has 0 amide bonds. The molecule has 19 heavy (non-hydrogen) atoms. The highest BCUT2D eigenvalue weighted by Crippen LogP contribution is 2.61. The Morgan fingerprint density at radius 1 is 0.737 bits per heavy atom. The van der Waals surface area contributed by atoms with Crippen LogP contribution >= 0.6 is 0 Å². The van der Waals surface area contributed by atoms with Gasteiger partial charge in [-0.2, -0.15) is 0 Å². The van der Waals surface area contributed by atoms with Gasteiger partial charge in [-0.1, -0.05) is 25.7 Å². The van der Waals surface area contributed by atoms with E-state index >= 15 is 0 Å². The molecule has 0 spiro atoms. The van der Waals surface area contributed by atoms with Crippen molar-refractivity contribution in [3.8, 4) is 0 Å². The standard InChI is InChI=1S/C18H28O/c19-12-18-10-3-6-17(18)16-8-7-13-4-1-2-5-14(13)15(16)9-11-18/h12-17H,1-11H2. The predicted octanol–water partition coefficient (Wildman–Crippen LogP) is 4.60. The van der Waals surface area contributed by atoms with E-state index < -0.39 is 0 Å². The largest absolute Gasteiger partial charge is 0.303 e. The van der Waals surface area contributed by atoms with E-state index in [0.717, 1.165) is 29.6 Å². The molecule has 4 saturated carbocycles. The fourth-order valence-corrected chi connectivity index (χ4v) is 6.74. The second-order valence-electron chi connectivity index (χ2n) is 8.00. The second kappa shape index (κ2) is 4.60. The first-order chi connectivity index (χ1) is 9.34. The minimum atomic E-state index is 0.128. The summed E-state index contributed by atoms with van der Waals surface area (Å²) in [4.78, 5) is 11.7. The maximum atomic E-state index is 11.7. The fraction of sp³-hybridized carbons (Fsp3) is 0.944. The summed E-state index contributed by atoms with van der Waals surface area (Å²) < 4.78 is 0. The molecule has 4 fully saturated rings. The number of rotatable bonds is 1. The smallest absolute Gasteiger partial charge is 0.126 e. The van der Waals surface area contributed by atoms with Crippen molar-refractivity contribution in [1.82, 2.24) is 0 Å². The summed E-state index contributed by atoms with van der Waals surface area (Å²) in [6, 6.07) is 0. The summed E-state index contributed by atoms with van der Waals surface area (Å²) in [6.07, 6.45) is 16.8. The Bertz CT molecular complexity index is 363. The first-order valence-corrected chi connectivity index (χ1v) is 8.80. The zero-order valence-corrected chi connectivity index (χ0v) is 12.2. The van der Waals surface area contributed by atoms with E-state index in [2.05, 4.69) is 0 Å². The Morgan fingerprint density at radius 2 is 1.63 bits per heavy atom. The van der Waals surface area contributed by atoms with Gasteiger partial charge >= 0.3 is 0 Å². The van der Waals surface area contributed by atoms with Crippen LogP contribution in [0.5, 0.6) is 0 Å². The average molecular weight is 260 g/mol. The van der Waals surface area contributed by atoms with E-state index in [1.165, 1.54) is 76.9 Å². The van der Waals surface area contributed by atoms with Crippen LogP contribution in [0, 0.1) is 35.0 Å². The molecule has 0 N–H and O–H groups in total. The molecule has 6 unspecified atom stereocenters. The lowest BCUT2D eigenvalue weighted by molar-refractivity contribution is -0.127. The summed E-state index contributed by atoms with van der Waals surface area (Å²) in [5.41, 5.74) is 0.128. The van der Waals surface area contributed by atoms with Gasteiger partial charge in [-0.3, -0.25) is 0 Å². The van der Waals surface area contributed by atoms with Crippen molar-refractivity contribution in [3.05, 3.63) is 0 Å². The normalized spacial score (nSPS) is 52.9. The third kappa shape index (κ3) is 1.76. The number of hydrogen-bond donors (Lipinski definition) is 0. The Hall–Kier alpha value is -0.330. The maximum Gasteiger partial charge on any atom is 0.126 e. The summed E-state index contributed by atoms with van der Waals surface area (Å²) in [7, 11) is 0. The lowest BCUT2D eigenvalue weighted by atomic mass is 9.51. The predicted molar refractivity (Wildman–Crippen MR) is 76.7 cm³/mol. The van der Waals surface area contributed by atoms with E-state index in [1.807, 2.05) is 0 Å². The Morgan fingerprint density at radius 3 is 2.53 bits per heavy atom. The van der Waals surface area contributed by atoms with Gasteiger partial charge in [-0.15, -0.1) is 0 Å². The van der Waals surface area contributed by atoms with Crippen molar-refractivity contribution in [2.24, 2.45) is 35.0 Å². The van der Waals surface area contributed by atoms with Gasteiger partial charge < -0.3 is 4.79 Å². The monoisotopic (exact) mass is 260 g/mol. The molecule has 0 bridgehead atoms. The van der Waals surface area contributed by atoms with Crippen LogP contribution in [0.15, 0.2) is 0 Å².